The highest BCUT2D eigenvalue weighted by Crippen LogP contribution is 2.08. The first-order valence-corrected chi connectivity index (χ1v) is 4.19. The van der Waals surface area contributed by atoms with Crippen LogP contribution in [-0.2, 0) is 4.79 Å². The monoisotopic (exact) mass is 191 g/mol. The van der Waals surface area contributed by atoms with Gasteiger partial charge in [0.15, 0.2) is 0 Å². The van der Waals surface area contributed by atoms with Crippen LogP contribution in [0.2, 0.25) is 0 Å². The first-order valence-electron chi connectivity index (χ1n) is 4.19. The number of carbonyl (C=O) groups excluding carboxylic acids is 2. The third kappa shape index (κ3) is 1.66. The number of nitrogens with zero attached hydrogens (tertiary/aromatic N) is 1. The second-order valence-electron chi connectivity index (χ2n) is 2.92. The molecular formula is C9H9N3O2. The maximum Gasteiger partial charge on any atom is 0.343 e. The van der Waals surface area contributed by atoms with Crippen LogP contribution in [0.5, 0.6) is 0 Å². The molecule has 2 rings (SSSR count). The number of benzene rings is 1. The molecule has 2 N–H and O–H groups in total. The summed E-state index contributed by atoms with van der Waals surface area (Å²) in [5, 5.41) is 3.41. The lowest BCUT2D eigenvalue weighted by molar-refractivity contribution is -0.118. The number of amides is 3. The van der Waals surface area contributed by atoms with Gasteiger partial charge in [-0.05, 0) is 12.1 Å². The summed E-state index contributed by atoms with van der Waals surface area (Å²) in [6, 6.07) is 8.78. The van der Waals surface area contributed by atoms with Gasteiger partial charge in [0.05, 0.1) is 5.69 Å². The van der Waals surface area contributed by atoms with E-state index >= 15 is 0 Å². The highest BCUT2D eigenvalue weighted by molar-refractivity contribution is 6.02. The molecule has 5 nitrogen and oxygen atoms in total. The van der Waals surface area contributed by atoms with Gasteiger partial charge >= 0.3 is 6.03 Å². The van der Waals surface area contributed by atoms with Gasteiger partial charge in [-0.1, -0.05) is 18.2 Å². The maximum absolute atomic E-state index is 11.1. The molecule has 0 saturated carbocycles. The number of carbonyl (C=O) groups is 2. The molecule has 5 heteroatoms. The molecule has 0 radical (unpaired) electrons. The second-order valence-corrected chi connectivity index (χ2v) is 2.92. The second kappa shape index (κ2) is 3.37. The Balaban J connectivity index is 2.05. The Hall–Kier alpha value is -2.04. The number of hydrogen-bond donors (Lipinski definition) is 2. The van der Waals surface area contributed by atoms with Crippen molar-refractivity contribution in [3.63, 3.8) is 0 Å². The molecule has 1 saturated heterocycles. The molecule has 0 aromatic heterocycles. The summed E-state index contributed by atoms with van der Waals surface area (Å²) in [7, 11) is 0. The van der Waals surface area contributed by atoms with Gasteiger partial charge in [0.2, 0.25) is 5.91 Å². The number of nitrogens with one attached hydrogen (secondary N) is 2. The Kier molecular flexibility index (Phi) is 2.06. The quantitative estimate of drug-likeness (QED) is 0.671. The SMILES string of the molecule is O=C1CN(Nc2ccccc2)C(=O)N1. The van der Waals surface area contributed by atoms with Crippen molar-refractivity contribution in [3.05, 3.63) is 30.3 Å². The van der Waals surface area contributed by atoms with Crippen LogP contribution in [0.15, 0.2) is 30.3 Å². The number of rotatable bonds is 2. The van der Waals surface area contributed by atoms with Crippen LogP contribution in [0.25, 0.3) is 0 Å². The van der Waals surface area contributed by atoms with E-state index in [-0.39, 0.29) is 12.5 Å². The van der Waals surface area contributed by atoms with E-state index in [1.54, 1.807) is 0 Å². The Morgan fingerprint density at radius 2 is 1.93 bits per heavy atom. The van der Waals surface area contributed by atoms with Crippen molar-refractivity contribution in [2.45, 2.75) is 0 Å². The predicted molar refractivity (Wildman–Crippen MR) is 50.3 cm³/mol. The Labute approximate surface area is 80.7 Å². The minimum Gasteiger partial charge on any atom is -0.294 e. The summed E-state index contributed by atoms with van der Waals surface area (Å²) in [6.07, 6.45) is 0. The van der Waals surface area contributed by atoms with Gasteiger partial charge in [-0.3, -0.25) is 15.5 Å². The highest BCUT2D eigenvalue weighted by Gasteiger charge is 2.26. The lowest BCUT2D eigenvalue weighted by Crippen LogP contribution is -2.33. The number of hydrogen-bond acceptors (Lipinski definition) is 3. The summed E-state index contributed by atoms with van der Waals surface area (Å²) >= 11 is 0. The van der Waals surface area contributed by atoms with Gasteiger partial charge in [-0.15, -0.1) is 0 Å². The van der Waals surface area contributed by atoms with E-state index in [1.165, 1.54) is 5.01 Å². The zero-order chi connectivity index (χ0) is 9.97. The molecule has 1 fully saturated rings. The van der Waals surface area contributed by atoms with Crippen LogP contribution in [0.1, 0.15) is 0 Å². The zero-order valence-corrected chi connectivity index (χ0v) is 7.36. The molecule has 0 bridgehead atoms. The number of imide groups is 1. The summed E-state index contributed by atoms with van der Waals surface area (Å²) in [5.41, 5.74) is 3.60. The first kappa shape index (κ1) is 8.55. The third-order valence-electron chi connectivity index (χ3n) is 1.83. The van der Waals surface area contributed by atoms with Gasteiger partial charge in [-0.25, -0.2) is 9.80 Å². The normalized spacial score (nSPS) is 15.6. The van der Waals surface area contributed by atoms with E-state index in [0.29, 0.717) is 0 Å². The van der Waals surface area contributed by atoms with Gasteiger partial charge in [0.25, 0.3) is 0 Å². The molecule has 1 aliphatic rings. The van der Waals surface area contributed by atoms with Crippen molar-refractivity contribution < 1.29 is 9.59 Å². The zero-order valence-electron chi connectivity index (χ0n) is 7.36. The van der Waals surface area contributed by atoms with Crippen LogP contribution in [0, 0.1) is 0 Å². The van der Waals surface area contributed by atoms with E-state index < -0.39 is 6.03 Å². The largest absolute Gasteiger partial charge is 0.343 e. The van der Waals surface area contributed by atoms with E-state index in [9.17, 15) is 9.59 Å². The number of hydrazine groups is 1. The lowest BCUT2D eigenvalue weighted by Gasteiger charge is -2.15. The van der Waals surface area contributed by atoms with Crippen molar-refractivity contribution in [1.29, 1.82) is 0 Å². The van der Waals surface area contributed by atoms with E-state index in [2.05, 4.69) is 10.7 Å². The van der Waals surface area contributed by atoms with E-state index in [1.807, 2.05) is 30.3 Å². The van der Waals surface area contributed by atoms with Crippen LogP contribution >= 0.6 is 0 Å². The molecule has 3 amide bonds. The molecule has 0 spiro atoms. The predicted octanol–water partition coefficient (Wildman–Crippen LogP) is 0.565. The number of para-hydroxylation sites is 1. The van der Waals surface area contributed by atoms with Gasteiger partial charge in [0.1, 0.15) is 6.54 Å². The summed E-state index contributed by atoms with van der Waals surface area (Å²) in [4.78, 5) is 22.0. The fourth-order valence-corrected chi connectivity index (χ4v) is 1.20. The van der Waals surface area contributed by atoms with Crippen molar-refractivity contribution in [2.75, 3.05) is 12.0 Å². The minimum atomic E-state index is -0.418. The highest BCUT2D eigenvalue weighted by atomic mass is 16.2. The molecule has 72 valence electrons. The average molecular weight is 191 g/mol. The molecule has 14 heavy (non-hydrogen) atoms. The fraction of sp³-hybridized carbons (Fsp3) is 0.111. The van der Waals surface area contributed by atoms with Crippen LogP contribution in [0.4, 0.5) is 10.5 Å². The van der Waals surface area contributed by atoms with Crippen molar-refractivity contribution >= 4 is 17.6 Å². The smallest absolute Gasteiger partial charge is 0.294 e. The van der Waals surface area contributed by atoms with Crippen molar-refractivity contribution in [3.8, 4) is 0 Å². The van der Waals surface area contributed by atoms with Gasteiger partial charge in [-0.2, -0.15) is 0 Å². The third-order valence-corrected chi connectivity index (χ3v) is 1.83. The Morgan fingerprint density at radius 1 is 1.21 bits per heavy atom. The van der Waals surface area contributed by atoms with Crippen LogP contribution in [0.3, 0.4) is 0 Å². The summed E-state index contributed by atoms with van der Waals surface area (Å²) < 4.78 is 0. The Bertz CT molecular complexity index is 364. The van der Waals surface area contributed by atoms with Crippen LogP contribution < -0.4 is 10.7 Å². The van der Waals surface area contributed by atoms with Crippen molar-refractivity contribution in [1.82, 2.24) is 10.3 Å². The fourth-order valence-electron chi connectivity index (χ4n) is 1.20. The molecule has 0 aliphatic carbocycles. The molecule has 1 aromatic rings. The molecule has 0 unspecified atom stereocenters. The average Bonchev–Trinajstić information content (AvgIpc) is 2.47. The van der Waals surface area contributed by atoms with Gasteiger partial charge < -0.3 is 0 Å². The Morgan fingerprint density at radius 3 is 2.50 bits per heavy atom. The topological polar surface area (TPSA) is 61.4 Å². The lowest BCUT2D eigenvalue weighted by atomic mass is 10.3. The molecular weight excluding hydrogens is 182 g/mol. The number of anilines is 1. The molecule has 1 heterocycles. The number of urea groups is 1. The molecule has 0 atom stereocenters. The standard InChI is InChI=1S/C9H9N3O2/c13-8-6-12(9(14)10-8)11-7-4-2-1-3-5-7/h1-5,11H,6H2,(H,10,13,14). The minimum absolute atomic E-state index is 0.0493. The summed E-state index contributed by atoms with van der Waals surface area (Å²) in [6.45, 7) is 0.0493. The van der Waals surface area contributed by atoms with Gasteiger partial charge in [0, 0.05) is 0 Å². The van der Waals surface area contributed by atoms with Crippen molar-refractivity contribution in [2.24, 2.45) is 0 Å². The maximum atomic E-state index is 11.1. The van der Waals surface area contributed by atoms with E-state index in [0.717, 1.165) is 5.69 Å². The van der Waals surface area contributed by atoms with E-state index in [4.69, 9.17) is 0 Å². The summed E-state index contributed by atoms with van der Waals surface area (Å²) in [5.74, 6) is -0.293. The molecule has 1 aromatic carbocycles. The molecule has 1 aliphatic heterocycles. The first-order chi connectivity index (χ1) is 6.75. The van der Waals surface area contributed by atoms with Crippen LogP contribution in [-0.4, -0.2) is 23.5 Å².